The fourth-order valence-corrected chi connectivity index (χ4v) is 4.06. The molecule has 0 aliphatic carbocycles. The highest BCUT2D eigenvalue weighted by Crippen LogP contribution is 2.27. The number of hydrogen-bond donors (Lipinski definition) is 0. The minimum atomic E-state index is 0.161. The van der Waals surface area contributed by atoms with Crippen LogP contribution in [0.4, 0.5) is 0 Å². The Morgan fingerprint density at radius 2 is 2.15 bits per heavy atom. The van der Waals surface area contributed by atoms with Gasteiger partial charge in [-0.05, 0) is 55.2 Å². The average molecular weight is 375 g/mol. The van der Waals surface area contributed by atoms with Gasteiger partial charge in [-0.15, -0.1) is 5.10 Å². The number of nitrogens with zero attached hydrogens (tertiary/aromatic N) is 5. The summed E-state index contributed by atoms with van der Waals surface area (Å²) in [5, 5.41) is 12.5. The van der Waals surface area contributed by atoms with Crippen molar-refractivity contribution < 1.29 is 9.53 Å². The van der Waals surface area contributed by atoms with Gasteiger partial charge in [-0.1, -0.05) is 30.8 Å². The van der Waals surface area contributed by atoms with E-state index in [1.807, 2.05) is 36.1 Å². The Kier molecular flexibility index (Phi) is 6.49. The lowest BCUT2D eigenvalue weighted by Gasteiger charge is -2.35. The van der Waals surface area contributed by atoms with Gasteiger partial charge in [-0.3, -0.25) is 4.79 Å². The molecule has 0 radical (unpaired) electrons. The molecule has 2 aromatic rings. The van der Waals surface area contributed by atoms with Crippen molar-refractivity contribution in [2.45, 2.75) is 50.7 Å². The van der Waals surface area contributed by atoms with Crippen molar-refractivity contribution in [2.24, 2.45) is 0 Å². The van der Waals surface area contributed by atoms with Gasteiger partial charge in [0.05, 0.1) is 12.4 Å². The van der Waals surface area contributed by atoms with Crippen molar-refractivity contribution in [1.29, 1.82) is 0 Å². The topological polar surface area (TPSA) is 73.1 Å². The van der Waals surface area contributed by atoms with Gasteiger partial charge in [0.2, 0.25) is 11.1 Å². The fourth-order valence-electron chi connectivity index (χ4n) is 3.29. The molecular formula is C18H25N5O2S. The number of piperidine rings is 1. The standard InChI is InChI=1S/C18H25N5O2S/c1-3-14-9-7-8-12-22(14)17(24)13-26-18-19-20-21-23(18)15-10-5-6-11-16(15)25-4-2/h5-6,10-11,14H,3-4,7-9,12-13H2,1-2H3/t14-/m1/s1. The normalized spacial score (nSPS) is 17.3. The molecule has 1 aliphatic rings. The monoisotopic (exact) mass is 375 g/mol. The molecule has 1 aliphatic heterocycles. The number of aromatic nitrogens is 4. The van der Waals surface area contributed by atoms with Crippen molar-refractivity contribution in [3.63, 3.8) is 0 Å². The zero-order valence-corrected chi connectivity index (χ0v) is 16.1. The Morgan fingerprint density at radius 1 is 1.31 bits per heavy atom. The average Bonchev–Trinajstić information content (AvgIpc) is 3.15. The fraction of sp³-hybridized carbons (Fsp3) is 0.556. The number of amides is 1. The molecule has 2 heterocycles. The predicted octanol–water partition coefficient (Wildman–Crippen LogP) is 2.94. The first-order valence-corrected chi connectivity index (χ1v) is 10.2. The highest BCUT2D eigenvalue weighted by molar-refractivity contribution is 7.99. The molecule has 0 unspecified atom stereocenters. The third-order valence-electron chi connectivity index (χ3n) is 4.58. The first-order chi connectivity index (χ1) is 12.7. The van der Waals surface area contributed by atoms with Crippen LogP contribution in [0, 0.1) is 0 Å². The number of carbonyl (C=O) groups excluding carboxylic acids is 1. The second-order valence-electron chi connectivity index (χ2n) is 6.21. The van der Waals surface area contributed by atoms with Crippen LogP contribution in [-0.2, 0) is 4.79 Å². The van der Waals surface area contributed by atoms with Crippen molar-refractivity contribution in [1.82, 2.24) is 25.1 Å². The molecule has 7 nitrogen and oxygen atoms in total. The van der Waals surface area contributed by atoms with Crippen LogP contribution in [0.5, 0.6) is 5.75 Å². The van der Waals surface area contributed by atoms with Crippen LogP contribution in [0.25, 0.3) is 5.69 Å². The molecule has 0 saturated carbocycles. The molecule has 0 bridgehead atoms. The minimum Gasteiger partial charge on any atom is -0.492 e. The maximum absolute atomic E-state index is 12.7. The summed E-state index contributed by atoms with van der Waals surface area (Å²) >= 11 is 1.37. The lowest BCUT2D eigenvalue weighted by molar-refractivity contribution is -0.132. The molecule has 3 rings (SSSR count). The maximum atomic E-state index is 12.7. The number of thioether (sulfide) groups is 1. The third kappa shape index (κ3) is 4.17. The smallest absolute Gasteiger partial charge is 0.233 e. The summed E-state index contributed by atoms with van der Waals surface area (Å²) in [7, 11) is 0. The number of likely N-dealkylation sites (tertiary alicyclic amines) is 1. The van der Waals surface area contributed by atoms with E-state index in [4.69, 9.17) is 4.74 Å². The molecule has 1 aromatic heterocycles. The molecule has 8 heteroatoms. The molecule has 140 valence electrons. The van der Waals surface area contributed by atoms with E-state index in [9.17, 15) is 4.79 Å². The molecule has 1 aromatic carbocycles. The Balaban J connectivity index is 1.71. The van der Waals surface area contributed by atoms with Crippen molar-refractivity contribution in [3.05, 3.63) is 24.3 Å². The van der Waals surface area contributed by atoms with E-state index in [-0.39, 0.29) is 5.91 Å². The highest BCUT2D eigenvalue weighted by Gasteiger charge is 2.25. The zero-order chi connectivity index (χ0) is 18.4. The molecule has 0 N–H and O–H groups in total. The number of carbonyl (C=O) groups is 1. The molecule has 0 spiro atoms. The van der Waals surface area contributed by atoms with Gasteiger partial charge in [-0.2, -0.15) is 4.68 Å². The summed E-state index contributed by atoms with van der Waals surface area (Å²) < 4.78 is 7.30. The van der Waals surface area contributed by atoms with E-state index in [1.165, 1.54) is 18.2 Å². The summed E-state index contributed by atoms with van der Waals surface area (Å²) in [5.41, 5.74) is 0.777. The minimum absolute atomic E-state index is 0.161. The summed E-state index contributed by atoms with van der Waals surface area (Å²) in [6.45, 7) is 5.51. The first-order valence-electron chi connectivity index (χ1n) is 9.17. The number of tetrazole rings is 1. The Morgan fingerprint density at radius 3 is 2.96 bits per heavy atom. The van der Waals surface area contributed by atoms with Crippen molar-refractivity contribution in [3.8, 4) is 11.4 Å². The maximum Gasteiger partial charge on any atom is 0.233 e. The van der Waals surface area contributed by atoms with E-state index in [0.717, 1.165) is 37.2 Å². The number of benzene rings is 1. The Labute approximate surface area is 158 Å². The summed E-state index contributed by atoms with van der Waals surface area (Å²) in [4.78, 5) is 14.7. The van der Waals surface area contributed by atoms with E-state index in [2.05, 4.69) is 22.4 Å². The third-order valence-corrected chi connectivity index (χ3v) is 5.48. The molecular weight excluding hydrogens is 350 g/mol. The number of rotatable bonds is 7. The summed E-state index contributed by atoms with van der Waals surface area (Å²) in [6.07, 6.45) is 4.41. The molecule has 1 atom stereocenters. The SMILES string of the molecule is CCOc1ccccc1-n1nnnc1SCC(=O)N1CCCC[C@H]1CC. The number of para-hydroxylation sites is 2. The van der Waals surface area contributed by atoms with Crippen LogP contribution in [0.1, 0.15) is 39.5 Å². The quantitative estimate of drug-likeness (QED) is 0.693. The van der Waals surface area contributed by atoms with Crippen LogP contribution in [0.3, 0.4) is 0 Å². The molecule has 1 fully saturated rings. The van der Waals surface area contributed by atoms with Crippen LogP contribution in [0.15, 0.2) is 29.4 Å². The Bertz CT molecular complexity index is 736. The molecule has 1 amide bonds. The lowest BCUT2D eigenvalue weighted by atomic mass is 10.0. The predicted molar refractivity (Wildman–Crippen MR) is 101 cm³/mol. The van der Waals surface area contributed by atoms with Crippen molar-refractivity contribution >= 4 is 17.7 Å². The van der Waals surface area contributed by atoms with Gasteiger partial charge < -0.3 is 9.64 Å². The van der Waals surface area contributed by atoms with Crippen LogP contribution >= 0.6 is 11.8 Å². The first kappa shape index (κ1) is 18.7. The number of ether oxygens (including phenoxy) is 1. The van der Waals surface area contributed by atoms with E-state index >= 15 is 0 Å². The van der Waals surface area contributed by atoms with E-state index < -0.39 is 0 Å². The van der Waals surface area contributed by atoms with Crippen LogP contribution < -0.4 is 4.74 Å². The van der Waals surface area contributed by atoms with Crippen LogP contribution in [0.2, 0.25) is 0 Å². The van der Waals surface area contributed by atoms with Gasteiger partial charge in [0.15, 0.2) is 0 Å². The molecule has 1 saturated heterocycles. The second-order valence-corrected chi connectivity index (χ2v) is 7.15. The molecule has 26 heavy (non-hydrogen) atoms. The van der Waals surface area contributed by atoms with Gasteiger partial charge >= 0.3 is 0 Å². The van der Waals surface area contributed by atoms with Gasteiger partial charge in [0.25, 0.3) is 0 Å². The van der Waals surface area contributed by atoms with Crippen molar-refractivity contribution in [2.75, 3.05) is 18.9 Å². The lowest BCUT2D eigenvalue weighted by Crippen LogP contribution is -2.44. The van der Waals surface area contributed by atoms with E-state index in [1.54, 1.807) is 4.68 Å². The highest BCUT2D eigenvalue weighted by atomic mass is 32.2. The Hall–Kier alpha value is -2.09. The summed E-state index contributed by atoms with van der Waals surface area (Å²) in [6, 6.07) is 7.99. The largest absolute Gasteiger partial charge is 0.492 e. The zero-order valence-electron chi connectivity index (χ0n) is 15.3. The summed E-state index contributed by atoms with van der Waals surface area (Å²) in [5.74, 6) is 1.22. The van der Waals surface area contributed by atoms with Gasteiger partial charge in [0, 0.05) is 12.6 Å². The van der Waals surface area contributed by atoms with Gasteiger partial charge in [0.1, 0.15) is 11.4 Å². The second kappa shape index (κ2) is 9.02. The van der Waals surface area contributed by atoms with Crippen LogP contribution in [-0.4, -0.2) is 56.0 Å². The van der Waals surface area contributed by atoms with E-state index in [0.29, 0.717) is 23.6 Å². The number of hydrogen-bond acceptors (Lipinski definition) is 6. The van der Waals surface area contributed by atoms with Gasteiger partial charge in [-0.25, -0.2) is 0 Å².